The van der Waals surface area contributed by atoms with Gasteiger partial charge in [-0.05, 0) is 24.1 Å². The highest BCUT2D eigenvalue weighted by Gasteiger charge is 2.36. The van der Waals surface area contributed by atoms with Crippen LogP contribution >= 0.6 is 0 Å². The van der Waals surface area contributed by atoms with Crippen LogP contribution in [0.5, 0.6) is 0 Å². The lowest BCUT2D eigenvalue weighted by Crippen LogP contribution is -2.27. The van der Waals surface area contributed by atoms with E-state index in [1.165, 1.54) is 6.07 Å². The van der Waals surface area contributed by atoms with Gasteiger partial charge in [-0.3, -0.25) is 0 Å². The average molecular weight is 230 g/mol. The topological polar surface area (TPSA) is 29.3 Å². The van der Waals surface area contributed by atoms with E-state index in [2.05, 4.69) is 0 Å². The molecular formula is C11H13F3N2. The summed E-state index contributed by atoms with van der Waals surface area (Å²) in [5.74, 6) is 0. The largest absolute Gasteiger partial charge is 0.416 e. The van der Waals surface area contributed by atoms with Crippen LogP contribution in [0.4, 0.5) is 18.9 Å². The van der Waals surface area contributed by atoms with Crippen molar-refractivity contribution in [2.75, 3.05) is 24.5 Å². The van der Waals surface area contributed by atoms with Crippen LogP contribution in [0.25, 0.3) is 0 Å². The zero-order valence-electron chi connectivity index (χ0n) is 8.72. The molecule has 5 heteroatoms. The Morgan fingerprint density at radius 2 is 2.06 bits per heavy atom. The van der Waals surface area contributed by atoms with Crippen LogP contribution in [0.3, 0.4) is 0 Å². The molecule has 2 nitrogen and oxygen atoms in total. The van der Waals surface area contributed by atoms with Crippen LogP contribution in [0, 0.1) is 0 Å². The highest BCUT2D eigenvalue weighted by molar-refractivity contribution is 5.61. The van der Waals surface area contributed by atoms with Crippen LogP contribution in [-0.4, -0.2) is 19.6 Å². The van der Waals surface area contributed by atoms with Crippen LogP contribution in [0.15, 0.2) is 18.2 Å². The van der Waals surface area contributed by atoms with Crippen molar-refractivity contribution in [2.45, 2.75) is 12.6 Å². The summed E-state index contributed by atoms with van der Waals surface area (Å²) in [5, 5.41) is 0. The van der Waals surface area contributed by atoms with Gasteiger partial charge in [0.2, 0.25) is 0 Å². The summed E-state index contributed by atoms with van der Waals surface area (Å²) >= 11 is 0. The molecule has 2 N–H and O–H groups in total. The van der Waals surface area contributed by atoms with Gasteiger partial charge in [0, 0.05) is 25.3 Å². The molecule has 0 radical (unpaired) electrons. The second-order valence-corrected chi connectivity index (χ2v) is 3.83. The highest BCUT2D eigenvalue weighted by Crippen LogP contribution is 2.39. The molecule has 16 heavy (non-hydrogen) atoms. The number of anilines is 1. The van der Waals surface area contributed by atoms with E-state index in [0.717, 1.165) is 6.07 Å². The lowest BCUT2D eigenvalue weighted by Gasteiger charge is -2.19. The van der Waals surface area contributed by atoms with Gasteiger partial charge in [-0.25, -0.2) is 0 Å². The molecule has 0 atom stereocenters. The molecular weight excluding hydrogens is 217 g/mol. The maximum atomic E-state index is 12.7. The first-order chi connectivity index (χ1) is 7.54. The Balaban J connectivity index is 2.40. The second kappa shape index (κ2) is 3.97. The molecule has 2 rings (SSSR count). The molecule has 0 aliphatic carbocycles. The van der Waals surface area contributed by atoms with Gasteiger partial charge in [-0.15, -0.1) is 0 Å². The van der Waals surface area contributed by atoms with Crippen molar-refractivity contribution in [1.82, 2.24) is 0 Å². The Hall–Kier alpha value is -1.23. The normalized spacial score (nSPS) is 15.4. The molecule has 0 fully saturated rings. The number of hydrogen-bond donors (Lipinski definition) is 1. The molecule has 0 aromatic heterocycles. The molecule has 0 saturated carbocycles. The van der Waals surface area contributed by atoms with E-state index in [1.54, 1.807) is 6.07 Å². The van der Waals surface area contributed by atoms with Gasteiger partial charge in [0.25, 0.3) is 0 Å². The van der Waals surface area contributed by atoms with Crippen molar-refractivity contribution in [3.05, 3.63) is 29.3 Å². The summed E-state index contributed by atoms with van der Waals surface area (Å²) in [6.07, 6.45) is -3.81. The van der Waals surface area contributed by atoms with Gasteiger partial charge in [0.15, 0.2) is 0 Å². The van der Waals surface area contributed by atoms with Gasteiger partial charge in [-0.1, -0.05) is 6.07 Å². The number of hydrogen-bond acceptors (Lipinski definition) is 2. The fourth-order valence-electron chi connectivity index (χ4n) is 2.15. The molecule has 0 bridgehead atoms. The summed E-state index contributed by atoms with van der Waals surface area (Å²) in [5.41, 5.74) is 6.00. The predicted octanol–water partition coefficient (Wildman–Crippen LogP) is 2.03. The number of nitrogens with zero attached hydrogens (tertiary/aromatic N) is 1. The Labute approximate surface area is 91.8 Å². The lowest BCUT2D eigenvalue weighted by molar-refractivity contribution is -0.138. The third-order valence-corrected chi connectivity index (χ3v) is 2.83. The van der Waals surface area contributed by atoms with Crippen molar-refractivity contribution >= 4 is 5.69 Å². The second-order valence-electron chi connectivity index (χ2n) is 3.83. The van der Waals surface area contributed by atoms with E-state index in [9.17, 15) is 13.2 Å². The number of fused-ring (bicyclic) bond motifs is 1. The number of halogens is 3. The van der Waals surface area contributed by atoms with Gasteiger partial charge < -0.3 is 10.6 Å². The van der Waals surface area contributed by atoms with Crippen molar-refractivity contribution in [1.29, 1.82) is 0 Å². The average Bonchev–Trinajstić information content (AvgIpc) is 2.61. The van der Waals surface area contributed by atoms with Crippen LogP contribution in [-0.2, 0) is 12.6 Å². The lowest BCUT2D eigenvalue weighted by atomic mass is 10.0. The molecule has 0 spiro atoms. The molecule has 1 aromatic carbocycles. The minimum Gasteiger partial charge on any atom is -0.370 e. The van der Waals surface area contributed by atoms with Gasteiger partial charge >= 0.3 is 6.18 Å². The standard InChI is InChI=1S/C11H13F3N2/c12-11(13,14)9-2-1-3-10-8(9)4-6-16(10)7-5-15/h1-3H,4-7,15H2. The monoisotopic (exact) mass is 230 g/mol. The van der Waals surface area contributed by atoms with Crippen LogP contribution < -0.4 is 10.6 Å². The van der Waals surface area contributed by atoms with Crippen molar-refractivity contribution in [3.63, 3.8) is 0 Å². The van der Waals surface area contributed by atoms with E-state index >= 15 is 0 Å². The van der Waals surface area contributed by atoms with E-state index in [0.29, 0.717) is 37.3 Å². The summed E-state index contributed by atoms with van der Waals surface area (Å²) in [4.78, 5) is 1.91. The van der Waals surface area contributed by atoms with Gasteiger partial charge in [-0.2, -0.15) is 13.2 Å². The molecule has 1 heterocycles. The number of nitrogens with two attached hydrogens (primary N) is 1. The molecule has 88 valence electrons. The minimum atomic E-state index is -4.26. The Morgan fingerprint density at radius 3 is 2.69 bits per heavy atom. The zero-order chi connectivity index (χ0) is 11.8. The summed E-state index contributed by atoms with van der Waals surface area (Å²) < 4.78 is 38.1. The SMILES string of the molecule is NCCN1CCc2c1cccc2C(F)(F)F. The molecule has 0 amide bonds. The first-order valence-electron chi connectivity index (χ1n) is 5.18. The maximum Gasteiger partial charge on any atom is 0.416 e. The van der Waals surface area contributed by atoms with Gasteiger partial charge in [0.05, 0.1) is 5.56 Å². The van der Waals surface area contributed by atoms with Crippen molar-refractivity contribution in [2.24, 2.45) is 5.73 Å². The van der Waals surface area contributed by atoms with Gasteiger partial charge in [0.1, 0.15) is 0 Å². The first kappa shape index (κ1) is 11.3. The molecule has 0 saturated heterocycles. The Morgan fingerprint density at radius 1 is 1.31 bits per heavy atom. The summed E-state index contributed by atoms with van der Waals surface area (Å²) in [6, 6.07) is 4.33. The summed E-state index contributed by atoms with van der Waals surface area (Å²) in [7, 11) is 0. The van der Waals surface area contributed by atoms with Crippen molar-refractivity contribution < 1.29 is 13.2 Å². The van der Waals surface area contributed by atoms with E-state index in [4.69, 9.17) is 5.73 Å². The van der Waals surface area contributed by atoms with Crippen LogP contribution in [0.1, 0.15) is 11.1 Å². The third-order valence-electron chi connectivity index (χ3n) is 2.83. The number of rotatable bonds is 2. The zero-order valence-corrected chi connectivity index (χ0v) is 8.72. The number of benzene rings is 1. The molecule has 1 aliphatic rings. The van der Waals surface area contributed by atoms with Crippen molar-refractivity contribution in [3.8, 4) is 0 Å². The quantitative estimate of drug-likeness (QED) is 0.842. The molecule has 0 unspecified atom stereocenters. The van der Waals surface area contributed by atoms with E-state index in [-0.39, 0.29) is 0 Å². The Bertz CT molecular complexity index is 387. The highest BCUT2D eigenvalue weighted by atomic mass is 19.4. The minimum absolute atomic E-state index is 0.406. The molecule has 1 aliphatic heterocycles. The third kappa shape index (κ3) is 1.87. The Kier molecular flexibility index (Phi) is 2.80. The number of alkyl halides is 3. The van der Waals surface area contributed by atoms with E-state index < -0.39 is 11.7 Å². The van der Waals surface area contributed by atoms with E-state index in [1.807, 2.05) is 4.90 Å². The first-order valence-corrected chi connectivity index (χ1v) is 5.18. The fraction of sp³-hybridized carbons (Fsp3) is 0.455. The predicted molar refractivity (Wildman–Crippen MR) is 56.4 cm³/mol. The smallest absolute Gasteiger partial charge is 0.370 e. The van der Waals surface area contributed by atoms with Crippen LogP contribution in [0.2, 0.25) is 0 Å². The molecule has 1 aromatic rings. The maximum absolute atomic E-state index is 12.7. The summed E-state index contributed by atoms with van der Waals surface area (Å²) in [6.45, 7) is 1.68. The fourth-order valence-corrected chi connectivity index (χ4v) is 2.15.